The maximum Gasteiger partial charge on any atom is 2.00 e. The van der Waals surface area contributed by atoms with E-state index in [1.54, 1.807) is 0 Å². The molecule has 9 heavy (non-hydrogen) atoms. The Morgan fingerprint density at radius 3 is 2.56 bits per heavy atom. The first-order chi connectivity index (χ1) is 3.81. The molecule has 0 saturated heterocycles. The van der Waals surface area contributed by atoms with E-state index in [2.05, 4.69) is 19.6 Å². The van der Waals surface area contributed by atoms with E-state index in [1.165, 1.54) is 0 Å². The van der Waals surface area contributed by atoms with Gasteiger partial charge in [-0.1, -0.05) is 31.0 Å². The van der Waals surface area contributed by atoms with Crippen LogP contribution in [-0.2, 0) is 17.1 Å². The molecule has 0 saturated carbocycles. The summed E-state index contributed by atoms with van der Waals surface area (Å²) in [5.41, 5.74) is 0. The molecule has 0 aromatic heterocycles. The van der Waals surface area contributed by atoms with Crippen LogP contribution in [-0.4, -0.2) is 5.75 Å². The molecule has 3 heteroatoms. The molecule has 57 valence electrons. The van der Waals surface area contributed by atoms with E-state index >= 15 is 0 Å². The summed E-state index contributed by atoms with van der Waals surface area (Å²) in [4.78, 5) is 0. The molecular formula is C6H11ClCuS+2. The van der Waals surface area contributed by atoms with E-state index in [9.17, 15) is 0 Å². The second kappa shape index (κ2) is 8.90. The molecule has 0 fully saturated rings. The Labute approximate surface area is 77.9 Å². The molecule has 0 atom stereocenters. The topological polar surface area (TPSA) is 0 Å². The van der Waals surface area contributed by atoms with E-state index in [-0.39, 0.29) is 17.1 Å². The van der Waals surface area contributed by atoms with Crippen LogP contribution >= 0.6 is 24.2 Å². The Balaban J connectivity index is 0. The first-order valence-corrected chi connectivity index (χ1v) is 3.77. The van der Waals surface area contributed by atoms with Crippen LogP contribution in [0.2, 0.25) is 0 Å². The Hall–Kier alpha value is 0.899. The molecule has 0 spiro atoms. The summed E-state index contributed by atoms with van der Waals surface area (Å²) >= 11 is 9.62. The molecule has 0 N–H and O–H groups in total. The van der Waals surface area contributed by atoms with Crippen LogP contribution in [0.3, 0.4) is 0 Å². The van der Waals surface area contributed by atoms with Crippen molar-refractivity contribution in [2.24, 2.45) is 0 Å². The maximum absolute atomic E-state index is 5.63. The Morgan fingerprint density at radius 1 is 1.67 bits per heavy atom. The van der Waals surface area contributed by atoms with Gasteiger partial charge in [-0.3, -0.25) is 0 Å². The Morgan fingerprint density at radius 2 is 2.22 bits per heavy atom. The van der Waals surface area contributed by atoms with Crippen LogP contribution in [0.4, 0.5) is 0 Å². The van der Waals surface area contributed by atoms with Gasteiger partial charge in [-0.25, -0.2) is 0 Å². The zero-order chi connectivity index (χ0) is 6.41. The van der Waals surface area contributed by atoms with E-state index < -0.39 is 0 Å². The second-order valence-electron chi connectivity index (χ2n) is 1.60. The summed E-state index contributed by atoms with van der Waals surface area (Å²) < 4.78 is 0. The number of hydrogen-bond acceptors (Lipinski definition) is 1. The van der Waals surface area contributed by atoms with Crippen LogP contribution in [0.1, 0.15) is 19.8 Å². The third kappa shape index (κ3) is 8.90. The smallest absolute Gasteiger partial charge is 0.174 e. The van der Waals surface area contributed by atoms with E-state index in [0.717, 1.165) is 17.9 Å². The van der Waals surface area contributed by atoms with Crippen molar-refractivity contribution in [1.82, 2.24) is 0 Å². The zero-order valence-electron chi connectivity index (χ0n) is 5.33. The number of unbranched alkanes of at least 4 members (excludes halogenated alkanes) is 1. The molecule has 0 nitrogen and oxygen atoms in total. The Kier molecular flexibility index (Phi) is 12.4. The van der Waals surface area contributed by atoms with Crippen molar-refractivity contribution in [1.29, 1.82) is 0 Å². The SMILES string of the molecule is CCC/C=C(\Cl)CS.[Cu+2]. The third-order valence-electron chi connectivity index (χ3n) is 0.806. The van der Waals surface area contributed by atoms with Crippen molar-refractivity contribution in [3.05, 3.63) is 11.1 Å². The third-order valence-corrected chi connectivity index (χ3v) is 1.62. The monoisotopic (exact) mass is 213 g/mol. The zero-order valence-corrected chi connectivity index (χ0v) is 7.92. The molecule has 0 aromatic rings. The summed E-state index contributed by atoms with van der Waals surface area (Å²) in [6.07, 6.45) is 4.23. The summed E-state index contributed by atoms with van der Waals surface area (Å²) in [5.74, 6) is 0.668. The number of hydrogen-bond donors (Lipinski definition) is 1. The fourth-order valence-electron chi connectivity index (χ4n) is 0.366. The van der Waals surface area contributed by atoms with Gasteiger partial charge in [0.25, 0.3) is 0 Å². The van der Waals surface area contributed by atoms with Gasteiger partial charge in [-0.2, -0.15) is 12.6 Å². The van der Waals surface area contributed by atoms with Crippen molar-refractivity contribution in [2.75, 3.05) is 5.75 Å². The van der Waals surface area contributed by atoms with Crippen molar-refractivity contribution >= 4 is 24.2 Å². The fourth-order valence-corrected chi connectivity index (χ4v) is 0.604. The van der Waals surface area contributed by atoms with Crippen LogP contribution in [0.15, 0.2) is 11.1 Å². The summed E-state index contributed by atoms with van der Waals surface area (Å²) in [6.45, 7) is 2.12. The normalized spacial score (nSPS) is 10.8. The predicted molar refractivity (Wildman–Crippen MR) is 42.7 cm³/mol. The van der Waals surface area contributed by atoms with Gasteiger partial charge < -0.3 is 0 Å². The summed E-state index contributed by atoms with van der Waals surface area (Å²) in [5, 5.41) is 0.857. The molecule has 0 unspecified atom stereocenters. The van der Waals surface area contributed by atoms with Crippen LogP contribution in [0.25, 0.3) is 0 Å². The molecule has 0 aromatic carbocycles. The van der Waals surface area contributed by atoms with Crippen molar-refractivity contribution in [3.8, 4) is 0 Å². The minimum absolute atomic E-state index is 0. The van der Waals surface area contributed by atoms with Gasteiger partial charge in [-0.05, 0) is 6.42 Å². The molecule has 1 radical (unpaired) electrons. The molecule has 0 aliphatic heterocycles. The van der Waals surface area contributed by atoms with E-state index in [1.807, 2.05) is 6.08 Å². The Bertz CT molecular complexity index is 83.1. The van der Waals surface area contributed by atoms with Gasteiger partial charge in [0.15, 0.2) is 0 Å². The number of halogens is 1. The minimum atomic E-state index is 0. The number of rotatable bonds is 3. The van der Waals surface area contributed by atoms with Gasteiger partial charge in [0.2, 0.25) is 0 Å². The van der Waals surface area contributed by atoms with Crippen LogP contribution in [0.5, 0.6) is 0 Å². The maximum atomic E-state index is 5.63. The van der Waals surface area contributed by atoms with Crippen molar-refractivity contribution in [3.63, 3.8) is 0 Å². The molecule has 0 aliphatic rings. The van der Waals surface area contributed by atoms with Gasteiger partial charge in [0.05, 0.1) is 0 Å². The largest absolute Gasteiger partial charge is 2.00 e. The standard InChI is InChI=1S/C6H11ClS.Cu/c1-2-3-4-6(7)5-8;/h4,8H,2-3,5H2,1H3;/q;+2/b6-4-;. The van der Waals surface area contributed by atoms with Gasteiger partial charge in [0, 0.05) is 10.8 Å². The fraction of sp³-hybridized carbons (Fsp3) is 0.667. The van der Waals surface area contributed by atoms with E-state index in [4.69, 9.17) is 11.6 Å². The minimum Gasteiger partial charge on any atom is -0.174 e. The summed E-state index contributed by atoms with van der Waals surface area (Å²) in [7, 11) is 0. The first kappa shape index (κ1) is 12.6. The first-order valence-electron chi connectivity index (χ1n) is 2.76. The average molecular weight is 214 g/mol. The van der Waals surface area contributed by atoms with Gasteiger partial charge in [-0.15, -0.1) is 0 Å². The summed E-state index contributed by atoms with van der Waals surface area (Å²) in [6, 6.07) is 0. The van der Waals surface area contributed by atoms with Crippen LogP contribution < -0.4 is 0 Å². The molecule has 0 heterocycles. The molecule has 0 bridgehead atoms. The quantitative estimate of drug-likeness (QED) is 0.542. The predicted octanol–water partition coefficient (Wildman–Crippen LogP) is 2.84. The molecule has 0 aliphatic carbocycles. The molecular weight excluding hydrogens is 203 g/mol. The van der Waals surface area contributed by atoms with Gasteiger partial charge >= 0.3 is 17.1 Å². The number of thiol groups is 1. The van der Waals surface area contributed by atoms with Gasteiger partial charge in [0.1, 0.15) is 0 Å². The van der Waals surface area contributed by atoms with Crippen LogP contribution in [0, 0.1) is 0 Å². The molecule has 0 amide bonds. The molecule has 0 rings (SSSR count). The number of allylic oxidation sites excluding steroid dienone is 1. The van der Waals surface area contributed by atoms with Crippen molar-refractivity contribution in [2.45, 2.75) is 19.8 Å². The van der Waals surface area contributed by atoms with E-state index in [0.29, 0.717) is 5.75 Å². The average Bonchev–Trinajstić information content (AvgIpc) is 1.83. The van der Waals surface area contributed by atoms with Crippen molar-refractivity contribution < 1.29 is 17.1 Å². The second-order valence-corrected chi connectivity index (χ2v) is 2.40.